The quantitative estimate of drug-likeness (QED) is 0.542. The average molecular weight is 358 g/mol. The number of H-pyrrole nitrogens is 1. The SMILES string of the molecule is C=CC[NH+](C)CC(=O)N(C)c1c(N)n(Cc2ccccc2)c(=O)[nH]c1=O. The van der Waals surface area contributed by atoms with E-state index in [0.717, 1.165) is 10.5 Å². The number of hydrogen-bond acceptors (Lipinski definition) is 4. The van der Waals surface area contributed by atoms with Crippen LogP contribution in [-0.4, -0.2) is 42.6 Å². The molecule has 138 valence electrons. The lowest BCUT2D eigenvalue weighted by Crippen LogP contribution is -3.10. The van der Waals surface area contributed by atoms with Crippen LogP contribution in [0.2, 0.25) is 0 Å². The van der Waals surface area contributed by atoms with Crippen LogP contribution in [0.1, 0.15) is 5.56 Å². The monoisotopic (exact) mass is 358 g/mol. The van der Waals surface area contributed by atoms with E-state index in [4.69, 9.17) is 5.73 Å². The minimum Gasteiger partial charge on any atom is -0.383 e. The van der Waals surface area contributed by atoms with Crippen molar-refractivity contribution >= 4 is 17.4 Å². The lowest BCUT2D eigenvalue weighted by molar-refractivity contribution is -0.864. The van der Waals surface area contributed by atoms with E-state index >= 15 is 0 Å². The summed E-state index contributed by atoms with van der Waals surface area (Å²) in [5.41, 5.74) is 5.61. The predicted octanol–water partition coefficient (Wildman–Crippen LogP) is -1.17. The van der Waals surface area contributed by atoms with Crippen LogP contribution >= 0.6 is 0 Å². The molecular formula is C18H24N5O3+. The zero-order valence-electron chi connectivity index (χ0n) is 15.0. The van der Waals surface area contributed by atoms with Crippen molar-refractivity contribution in [3.05, 3.63) is 69.4 Å². The minimum atomic E-state index is -0.686. The molecule has 1 atom stereocenters. The van der Waals surface area contributed by atoms with Gasteiger partial charge in [0.05, 0.1) is 20.1 Å². The summed E-state index contributed by atoms with van der Waals surface area (Å²) in [5, 5.41) is 0. The van der Waals surface area contributed by atoms with E-state index in [1.807, 2.05) is 37.4 Å². The lowest BCUT2D eigenvalue weighted by atomic mass is 10.2. The van der Waals surface area contributed by atoms with Gasteiger partial charge in [-0.25, -0.2) is 4.79 Å². The first kappa shape index (κ1) is 19.2. The lowest BCUT2D eigenvalue weighted by Gasteiger charge is -2.21. The molecule has 1 aromatic heterocycles. The van der Waals surface area contributed by atoms with Gasteiger partial charge in [-0.1, -0.05) is 36.9 Å². The molecule has 26 heavy (non-hydrogen) atoms. The third-order valence-corrected chi connectivity index (χ3v) is 4.05. The molecule has 2 rings (SSSR count). The van der Waals surface area contributed by atoms with Gasteiger partial charge in [-0.15, -0.1) is 0 Å². The molecule has 2 aromatic rings. The molecule has 0 saturated carbocycles. The molecule has 0 fully saturated rings. The van der Waals surface area contributed by atoms with Crippen molar-refractivity contribution in [2.24, 2.45) is 0 Å². The van der Waals surface area contributed by atoms with Gasteiger partial charge in [0.2, 0.25) is 0 Å². The highest BCUT2D eigenvalue weighted by Gasteiger charge is 2.23. The maximum absolute atomic E-state index is 12.5. The maximum atomic E-state index is 12.5. The molecule has 0 aliphatic carbocycles. The molecule has 0 spiro atoms. The van der Waals surface area contributed by atoms with E-state index in [-0.39, 0.29) is 30.5 Å². The van der Waals surface area contributed by atoms with Crippen LogP contribution < -0.4 is 26.8 Å². The molecule has 1 amide bonds. The number of carbonyl (C=O) groups is 1. The number of amides is 1. The largest absolute Gasteiger partial charge is 0.383 e. The van der Waals surface area contributed by atoms with Crippen LogP contribution in [0.3, 0.4) is 0 Å². The van der Waals surface area contributed by atoms with E-state index in [2.05, 4.69) is 11.6 Å². The molecule has 8 nitrogen and oxygen atoms in total. The molecule has 1 aromatic carbocycles. The second kappa shape index (κ2) is 8.30. The van der Waals surface area contributed by atoms with Crippen LogP contribution in [0.5, 0.6) is 0 Å². The molecule has 4 N–H and O–H groups in total. The van der Waals surface area contributed by atoms with E-state index in [9.17, 15) is 14.4 Å². The Morgan fingerprint density at radius 3 is 2.62 bits per heavy atom. The molecular weight excluding hydrogens is 334 g/mol. The van der Waals surface area contributed by atoms with Gasteiger partial charge in [-0.2, -0.15) is 0 Å². The first-order valence-electron chi connectivity index (χ1n) is 8.20. The first-order chi connectivity index (χ1) is 12.3. The fraction of sp³-hybridized carbons (Fsp3) is 0.278. The number of benzene rings is 1. The van der Waals surface area contributed by atoms with Crippen LogP contribution in [0.4, 0.5) is 11.5 Å². The Hall–Kier alpha value is -3.13. The minimum absolute atomic E-state index is 0.0306. The zero-order chi connectivity index (χ0) is 19.3. The predicted molar refractivity (Wildman–Crippen MR) is 102 cm³/mol. The Kier molecular flexibility index (Phi) is 6.13. The van der Waals surface area contributed by atoms with Crippen molar-refractivity contribution in [1.82, 2.24) is 9.55 Å². The number of quaternary nitrogens is 1. The van der Waals surface area contributed by atoms with E-state index < -0.39 is 11.2 Å². The Bertz CT molecular complexity index is 901. The van der Waals surface area contributed by atoms with Crippen molar-refractivity contribution in [3.8, 4) is 0 Å². The molecule has 1 heterocycles. The van der Waals surface area contributed by atoms with Crippen molar-refractivity contribution in [3.63, 3.8) is 0 Å². The standard InChI is InChI=1S/C18H23N5O3/c1-4-10-21(2)12-14(24)22(3)15-16(19)23(18(26)20-17(15)25)11-13-8-6-5-7-9-13/h4-9H,1,10-12,19H2,2-3H3,(H,20,25,26)/p+1. The summed E-state index contributed by atoms with van der Waals surface area (Å²) in [6.45, 7) is 4.61. The first-order valence-corrected chi connectivity index (χ1v) is 8.20. The molecule has 0 radical (unpaired) electrons. The normalized spacial score (nSPS) is 11.8. The molecule has 0 saturated heterocycles. The van der Waals surface area contributed by atoms with Gasteiger partial charge in [0, 0.05) is 7.05 Å². The second-order valence-electron chi connectivity index (χ2n) is 6.14. The number of nitrogens with zero attached hydrogens (tertiary/aromatic N) is 2. The summed E-state index contributed by atoms with van der Waals surface area (Å²) >= 11 is 0. The molecule has 0 bridgehead atoms. The number of anilines is 2. The Balaban J connectivity index is 2.38. The highest BCUT2D eigenvalue weighted by atomic mass is 16.2. The third kappa shape index (κ3) is 4.28. The number of likely N-dealkylation sites (N-methyl/N-ethyl adjacent to an activating group) is 2. The van der Waals surface area contributed by atoms with Crippen LogP contribution in [-0.2, 0) is 11.3 Å². The summed E-state index contributed by atoms with van der Waals surface area (Å²) in [6, 6.07) is 9.24. The van der Waals surface area contributed by atoms with Gasteiger partial charge in [-0.05, 0) is 11.6 Å². The zero-order valence-corrected chi connectivity index (χ0v) is 15.0. The number of nitrogens with one attached hydrogen (secondary N) is 2. The summed E-state index contributed by atoms with van der Waals surface area (Å²) in [7, 11) is 3.32. The van der Waals surface area contributed by atoms with Crippen LogP contribution in [0.25, 0.3) is 0 Å². The van der Waals surface area contributed by atoms with E-state index in [1.165, 1.54) is 16.5 Å². The summed E-state index contributed by atoms with van der Waals surface area (Å²) < 4.78 is 1.25. The molecule has 0 aliphatic rings. The van der Waals surface area contributed by atoms with Gasteiger partial charge >= 0.3 is 5.69 Å². The number of aromatic nitrogens is 2. The van der Waals surface area contributed by atoms with E-state index in [0.29, 0.717) is 6.54 Å². The Morgan fingerprint density at radius 1 is 1.35 bits per heavy atom. The summed E-state index contributed by atoms with van der Waals surface area (Å²) in [4.78, 5) is 41.3. The highest BCUT2D eigenvalue weighted by molar-refractivity contribution is 5.95. The number of nitrogen functional groups attached to an aromatic ring is 1. The van der Waals surface area contributed by atoms with Gasteiger partial charge in [0.25, 0.3) is 11.5 Å². The second-order valence-corrected chi connectivity index (χ2v) is 6.14. The van der Waals surface area contributed by atoms with Crippen molar-refractivity contribution in [1.29, 1.82) is 0 Å². The Morgan fingerprint density at radius 2 is 2.00 bits per heavy atom. The smallest absolute Gasteiger partial charge is 0.330 e. The summed E-state index contributed by atoms with van der Waals surface area (Å²) in [6.07, 6.45) is 1.71. The third-order valence-electron chi connectivity index (χ3n) is 4.05. The van der Waals surface area contributed by atoms with Crippen molar-refractivity contribution < 1.29 is 9.69 Å². The fourth-order valence-corrected chi connectivity index (χ4v) is 2.64. The number of hydrogen-bond donors (Lipinski definition) is 3. The van der Waals surface area contributed by atoms with Gasteiger partial charge in [0.1, 0.15) is 5.82 Å². The highest BCUT2D eigenvalue weighted by Crippen LogP contribution is 2.16. The molecule has 1 unspecified atom stereocenters. The topological polar surface area (TPSA) is 106 Å². The fourth-order valence-electron chi connectivity index (χ4n) is 2.64. The van der Waals surface area contributed by atoms with Gasteiger partial charge in [-0.3, -0.25) is 19.1 Å². The molecule has 0 aliphatic heterocycles. The average Bonchev–Trinajstić information content (AvgIpc) is 2.59. The van der Waals surface area contributed by atoms with Crippen molar-refractivity contribution in [2.75, 3.05) is 37.8 Å². The number of rotatable bonds is 7. The van der Waals surface area contributed by atoms with E-state index in [1.54, 1.807) is 6.08 Å². The number of carbonyl (C=O) groups excluding carboxylic acids is 1. The maximum Gasteiger partial charge on any atom is 0.330 e. The van der Waals surface area contributed by atoms with Crippen LogP contribution in [0, 0.1) is 0 Å². The summed E-state index contributed by atoms with van der Waals surface area (Å²) in [5.74, 6) is -0.328. The van der Waals surface area contributed by atoms with Crippen molar-refractivity contribution in [2.45, 2.75) is 6.54 Å². The molecule has 8 heteroatoms. The Labute approximate surface area is 151 Å². The van der Waals surface area contributed by atoms with Gasteiger partial charge < -0.3 is 15.5 Å². The van der Waals surface area contributed by atoms with Gasteiger partial charge in [0.15, 0.2) is 12.2 Å². The number of aromatic amines is 1. The van der Waals surface area contributed by atoms with Crippen LogP contribution in [0.15, 0.2) is 52.6 Å². The number of nitrogens with two attached hydrogens (primary N) is 1.